The van der Waals surface area contributed by atoms with Crippen LogP contribution in [0.2, 0.25) is 0 Å². The molecule has 0 aliphatic carbocycles. The molecule has 9 N–H and O–H groups in total. The summed E-state index contributed by atoms with van der Waals surface area (Å²) in [5.74, 6) is 0. The molecule has 15 nitrogen and oxygen atoms in total. The third-order valence-electron chi connectivity index (χ3n) is 10.2. The summed E-state index contributed by atoms with van der Waals surface area (Å²) in [6, 6.07) is 0. The van der Waals surface area contributed by atoms with E-state index in [-0.39, 0.29) is 5.41 Å². The standard InChI is InChI=1S/C30H56O15/c1-7-29(5,8-2)11-14-17(31)20(34)23(37)26(42-14)40-12-15-18(32)21(35)24(38)27(43-15)41-13-16-19(33)22(36)25(39)28(44-16)45-30(6,9-3)10-4/h14-28,31-39H,7-13H2,1-6H3. The molecule has 3 saturated heterocycles. The lowest BCUT2D eigenvalue weighted by Gasteiger charge is -2.45. The second-order valence-electron chi connectivity index (χ2n) is 13.2. The highest BCUT2D eigenvalue weighted by atomic mass is 16.7. The Morgan fingerprint density at radius 3 is 1.22 bits per heavy atom. The van der Waals surface area contributed by atoms with Gasteiger partial charge in [-0.25, -0.2) is 0 Å². The zero-order valence-electron chi connectivity index (χ0n) is 27.1. The number of hydrogen-bond acceptors (Lipinski definition) is 15. The minimum absolute atomic E-state index is 0.201. The maximum Gasteiger partial charge on any atom is 0.187 e. The van der Waals surface area contributed by atoms with Crippen molar-refractivity contribution >= 4 is 0 Å². The van der Waals surface area contributed by atoms with Crippen LogP contribution < -0.4 is 0 Å². The smallest absolute Gasteiger partial charge is 0.187 e. The van der Waals surface area contributed by atoms with Gasteiger partial charge in [-0.2, -0.15) is 0 Å². The fourth-order valence-electron chi connectivity index (χ4n) is 5.67. The molecule has 45 heavy (non-hydrogen) atoms. The summed E-state index contributed by atoms with van der Waals surface area (Å²) in [6.07, 6.45) is -19.0. The van der Waals surface area contributed by atoms with Crippen LogP contribution >= 0.6 is 0 Å². The van der Waals surface area contributed by atoms with Gasteiger partial charge in [-0.3, -0.25) is 0 Å². The first-order valence-electron chi connectivity index (χ1n) is 16.0. The molecule has 15 atom stereocenters. The van der Waals surface area contributed by atoms with Crippen LogP contribution in [0.25, 0.3) is 0 Å². The minimum atomic E-state index is -1.75. The Kier molecular flexibility index (Phi) is 14.0. The normalized spacial score (nSPS) is 43.4. The third-order valence-corrected chi connectivity index (χ3v) is 10.2. The van der Waals surface area contributed by atoms with E-state index in [1.165, 1.54) is 0 Å². The second kappa shape index (κ2) is 16.2. The first-order valence-corrected chi connectivity index (χ1v) is 16.0. The lowest BCUT2D eigenvalue weighted by molar-refractivity contribution is -0.349. The first-order chi connectivity index (χ1) is 21.0. The van der Waals surface area contributed by atoms with Crippen molar-refractivity contribution in [3.8, 4) is 0 Å². The number of hydrogen-bond donors (Lipinski definition) is 9. The van der Waals surface area contributed by atoms with Gasteiger partial charge in [0.2, 0.25) is 0 Å². The van der Waals surface area contributed by atoms with Gasteiger partial charge in [0.15, 0.2) is 18.9 Å². The molecule has 266 valence electrons. The van der Waals surface area contributed by atoms with Gasteiger partial charge in [-0.1, -0.05) is 47.5 Å². The van der Waals surface area contributed by atoms with Crippen LogP contribution in [0.3, 0.4) is 0 Å². The topological polar surface area (TPSA) is 237 Å². The van der Waals surface area contributed by atoms with Crippen LogP contribution in [0.5, 0.6) is 0 Å². The molecule has 0 aromatic rings. The zero-order chi connectivity index (χ0) is 33.9. The van der Waals surface area contributed by atoms with Gasteiger partial charge in [-0.05, 0) is 31.6 Å². The molecule has 15 heteroatoms. The molecular weight excluding hydrogens is 600 g/mol. The van der Waals surface area contributed by atoms with Crippen molar-refractivity contribution in [2.45, 2.75) is 171 Å². The second-order valence-corrected chi connectivity index (χ2v) is 13.2. The Hall–Kier alpha value is -0.600. The summed E-state index contributed by atoms with van der Waals surface area (Å²) < 4.78 is 34.5. The number of rotatable bonds is 14. The summed E-state index contributed by atoms with van der Waals surface area (Å²) in [4.78, 5) is 0. The van der Waals surface area contributed by atoms with Crippen LogP contribution in [-0.2, 0) is 28.4 Å². The number of aliphatic hydroxyl groups excluding tert-OH is 9. The lowest BCUT2D eigenvalue weighted by atomic mass is 9.77. The van der Waals surface area contributed by atoms with Crippen molar-refractivity contribution in [3.63, 3.8) is 0 Å². The van der Waals surface area contributed by atoms with Crippen molar-refractivity contribution in [3.05, 3.63) is 0 Å². The average molecular weight is 657 g/mol. The largest absolute Gasteiger partial charge is 0.388 e. The zero-order valence-corrected chi connectivity index (χ0v) is 27.1. The van der Waals surface area contributed by atoms with E-state index in [4.69, 9.17) is 28.4 Å². The molecule has 0 spiro atoms. The van der Waals surface area contributed by atoms with Gasteiger partial charge in [0, 0.05) is 0 Å². The van der Waals surface area contributed by atoms with E-state index >= 15 is 0 Å². The fourth-order valence-corrected chi connectivity index (χ4v) is 5.67. The molecule has 3 rings (SSSR count). The van der Waals surface area contributed by atoms with Gasteiger partial charge < -0.3 is 74.4 Å². The quantitative estimate of drug-likeness (QED) is 0.101. The Morgan fingerprint density at radius 2 is 0.822 bits per heavy atom. The monoisotopic (exact) mass is 656 g/mol. The van der Waals surface area contributed by atoms with Gasteiger partial charge in [-0.15, -0.1) is 0 Å². The molecule has 0 radical (unpaired) electrons. The molecule has 3 fully saturated rings. The maximum absolute atomic E-state index is 10.6. The minimum Gasteiger partial charge on any atom is -0.388 e. The first kappa shape index (κ1) is 38.8. The van der Waals surface area contributed by atoms with Crippen molar-refractivity contribution in [1.82, 2.24) is 0 Å². The van der Waals surface area contributed by atoms with Gasteiger partial charge in [0.1, 0.15) is 67.1 Å². The van der Waals surface area contributed by atoms with Crippen LogP contribution in [0.1, 0.15) is 73.6 Å². The molecule has 15 unspecified atom stereocenters. The van der Waals surface area contributed by atoms with E-state index in [0.29, 0.717) is 19.3 Å². The Bertz CT molecular complexity index is 819. The molecule has 0 aromatic carbocycles. The van der Waals surface area contributed by atoms with Gasteiger partial charge >= 0.3 is 0 Å². The summed E-state index contributed by atoms with van der Waals surface area (Å²) in [6.45, 7) is 10.7. The highest BCUT2D eigenvalue weighted by Gasteiger charge is 2.50. The maximum atomic E-state index is 10.6. The molecular formula is C30H56O15. The SMILES string of the molecule is CCC(C)(CC)CC1OC(OCC2OC(OCC3OC(OC(C)(CC)CC)C(O)C(O)C3O)C(O)C(O)C2O)C(O)C(O)C1O. The molecule has 0 saturated carbocycles. The third kappa shape index (κ3) is 8.90. The molecule has 3 aliphatic heterocycles. The fraction of sp³-hybridized carbons (Fsp3) is 1.00. The summed E-state index contributed by atoms with van der Waals surface area (Å²) in [7, 11) is 0. The summed E-state index contributed by atoms with van der Waals surface area (Å²) in [5.41, 5.74) is -0.877. The van der Waals surface area contributed by atoms with Gasteiger partial charge in [0.25, 0.3) is 0 Å². The molecule has 3 aliphatic rings. The van der Waals surface area contributed by atoms with Crippen LogP contribution in [0.15, 0.2) is 0 Å². The Morgan fingerprint density at radius 1 is 0.467 bits per heavy atom. The Labute approximate surface area is 264 Å². The highest BCUT2D eigenvalue weighted by Crippen LogP contribution is 2.37. The van der Waals surface area contributed by atoms with E-state index < -0.39 is 111 Å². The van der Waals surface area contributed by atoms with Crippen LogP contribution in [0.4, 0.5) is 0 Å². The van der Waals surface area contributed by atoms with E-state index in [2.05, 4.69) is 0 Å². The van der Waals surface area contributed by atoms with Crippen molar-refractivity contribution in [1.29, 1.82) is 0 Å². The van der Waals surface area contributed by atoms with Crippen molar-refractivity contribution in [2.24, 2.45) is 5.41 Å². The van der Waals surface area contributed by atoms with Crippen LogP contribution in [-0.4, -0.2) is 157 Å². The van der Waals surface area contributed by atoms with Crippen LogP contribution in [0, 0.1) is 5.41 Å². The van der Waals surface area contributed by atoms with Gasteiger partial charge in [0.05, 0.1) is 24.9 Å². The van der Waals surface area contributed by atoms with Crippen molar-refractivity contribution in [2.75, 3.05) is 13.2 Å². The highest BCUT2D eigenvalue weighted by molar-refractivity contribution is 4.94. The molecule has 0 amide bonds. The predicted octanol–water partition coefficient (Wildman–Crippen LogP) is -1.75. The van der Waals surface area contributed by atoms with E-state index in [0.717, 1.165) is 12.8 Å². The van der Waals surface area contributed by atoms with Crippen molar-refractivity contribution < 1.29 is 74.4 Å². The molecule has 0 bridgehead atoms. The summed E-state index contributed by atoms with van der Waals surface area (Å²) >= 11 is 0. The van der Waals surface area contributed by atoms with E-state index in [1.807, 2.05) is 41.5 Å². The number of aliphatic hydroxyl groups is 9. The Balaban J connectivity index is 1.64. The van der Waals surface area contributed by atoms with E-state index in [9.17, 15) is 46.0 Å². The lowest BCUT2D eigenvalue weighted by Crippen LogP contribution is -2.63. The predicted molar refractivity (Wildman–Crippen MR) is 155 cm³/mol. The number of ether oxygens (including phenoxy) is 6. The van der Waals surface area contributed by atoms with E-state index in [1.54, 1.807) is 0 Å². The molecule has 0 aromatic heterocycles. The molecule has 3 heterocycles. The summed E-state index contributed by atoms with van der Waals surface area (Å²) in [5, 5.41) is 94.7. The average Bonchev–Trinajstić information content (AvgIpc) is 3.04.